The van der Waals surface area contributed by atoms with Crippen LogP contribution < -0.4 is 9.47 Å². The SMILES string of the molecule is C=CCCC1CC=C(c2cc3c(c(F)c2F)Oc2c(ccc(OCC)c2F)C3)CC1. The first-order valence-electron chi connectivity index (χ1n) is 10.5. The Bertz CT molecular complexity index is 1010. The first-order chi connectivity index (χ1) is 14.5. The van der Waals surface area contributed by atoms with Crippen molar-refractivity contribution in [1.29, 1.82) is 0 Å². The molecule has 0 saturated carbocycles. The molecule has 4 rings (SSSR count). The molecule has 2 aromatic rings. The molecule has 1 heterocycles. The van der Waals surface area contributed by atoms with Crippen LogP contribution in [0, 0.1) is 23.4 Å². The fourth-order valence-corrected chi connectivity index (χ4v) is 4.29. The van der Waals surface area contributed by atoms with E-state index in [1.54, 1.807) is 25.1 Å². The summed E-state index contributed by atoms with van der Waals surface area (Å²) in [5, 5.41) is 0. The Morgan fingerprint density at radius 3 is 2.63 bits per heavy atom. The van der Waals surface area contributed by atoms with Crippen LogP contribution in [-0.4, -0.2) is 6.61 Å². The minimum Gasteiger partial charge on any atom is -0.491 e. The Kier molecular flexibility index (Phi) is 5.89. The molecule has 0 spiro atoms. The monoisotopic (exact) mass is 414 g/mol. The highest BCUT2D eigenvalue weighted by Gasteiger charge is 2.30. The van der Waals surface area contributed by atoms with Crippen molar-refractivity contribution in [1.82, 2.24) is 0 Å². The van der Waals surface area contributed by atoms with Gasteiger partial charge in [-0.05, 0) is 62.7 Å². The summed E-state index contributed by atoms with van der Waals surface area (Å²) in [6.07, 6.45) is 8.74. The topological polar surface area (TPSA) is 18.5 Å². The molecule has 5 heteroatoms. The van der Waals surface area contributed by atoms with Crippen molar-refractivity contribution in [2.75, 3.05) is 6.61 Å². The van der Waals surface area contributed by atoms with Crippen molar-refractivity contribution in [3.63, 3.8) is 0 Å². The van der Waals surface area contributed by atoms with Gasteiger partial charge in [0.25, 0.3) is 0 Å². The zero-order valence-corrected chi connectivity index (χ0v) is 17.1. The molecular formula is C25H25F3O2. The van der Waals surface area contributed by atoms with Gasteiger partial charge in [-0.15, -0.1) is 6.58 Å². The van der Waals surface area contributed by atoms with E-state index in [1.165, 1.54) is 0 Å². The molecule has 0 saturated heterocycles. The maximum Gasteiger partial charge on any atom is 0.207 e. The van der Waals surface area contributed by atoms with Crippen molar-refractivity contribution in [3.8, 4) is 17.2 Å². The lowest BCUT2D eigenvalue weighted by Gasteiger charge is -2.25. The molecule has 0 aromatic heterocycles. The molecule has 1 atom stereocenters. The van der Waals surface area contributed by atoms with Gasteiger partial charge in [0.1, 0.15) is 0 Å². The second-order valence-electron chi connectivity index (χ2n) is 7.85. The third-order valence-electron chi connectivity index (χ3n) is 5.91. The van der Waals surface area contributed by atoms with Crippen LogP contribution in [0.4, 0.5) is 13.2 Å². The molecule has 0 bridgehead atoms. The molecule has 2 nitrogen and oxygen atoms in total. The number of halogens is 3. The number of fused-ring (bicyclic) bond motifs is 2. The normalized spacial score (nSPS) is 17.5. The van der Waals surface area contributed by atoms with E-state index < -0.39 is 17.5 Å². The third-order valence-corrected chi connectivity index (χ3v) is 5.91. The minimum atomic E-state index is -1.07. The van der Waals surface area contributed by atoms with E-state index in [0.29, 0.717) is 30.1 Å². The van der Waals surface area contributed by atoms with Crippen molar-refractivity contribution in [2.45, 2.75) is 45.4 Å². The lowest BCUT2D eigenvalue weighted by Crippen LogP contribution is -2.12. The summed E-state index contributed by atoms with van der Waals surface area (Å²) >= 11 is 0. The summed E-state index contributed by atoms with van der Waals surface area (Å²) in [5.41, 5.74) is 2.22. The van der Waals surface area contributed by atoms with Crippen molar-refractivity contribution in [2.24, 2.45) is 5.92 Å². The van der Waals surface area contributed by atoms with Gasteiger partial charge in [0.05, 0.1) is 6.61 Å². The Labute approximate surface area is 175 Å². The molecule has 1 aliphatic heterocycles. The van der Waals surface area contributed by atoms with Gasteiger partial charge >= 0.3 is 0 Å². The van der Waals surface area contributed by atoms with Gasteiger partial charge in [-0.25, -0.2) is 4.39 Å². The van der Waals surface area contributed by atoms with Gasteiger partial charge < -0.3 is 9.47 Å². The van der Waals surface area contributed by atoms with Crippen LogP contribution in [0.1, 0.15) is 55.7 Å². The molecule has 0 fully saturated rings. The Morgan fingerprint density at radius 1 is 1.13 bits per heavy atom. The van der Waals surface area contributed by atoms with E-state index >= 15 is 0 Å². The number of benzene rings is 2. The number of hydrogen-bond acceptors (Lipinski definition) is 2. The highest BCUT2D eigenvalue weighted by atomic mass is 19.2. The lowest BCUT2D eigenvalue weighted by atomic mass is 9.83. The predicted molar refractivity (Wildman–Crippen MR) is 112 cm³/mol. The molecule has 0 N–H and O–H groups in total. The summed E-state index contributed by atoms with van der Waals surface area (Å²) in [6, 6.07) is 4.90. The predicted octanol–water partition coefficient (Wildman–Crippen LogP) is 7.35. The molecule has 30 heavy (non-hydrogen) atoms. The van der Waals surface area contributed by atoms with Gasteiger partial charge in [-0.3, -0.25) is 0 Å². The Hall–Kier alpha value is -2.69. The number of ether oxygens (including phenoxy) is 2. The van der Waals surface area contributed by atoms with Crippen molar-refractivity contribution >= 4 is 5.57 Å². The molecule has 0 amide bonds. The fraction of sp³-hybridized carbons (Fsp3) is 0.360. The minimum absolute atomic E-state index is 0.0376. The smallest absolute Gasteiger partial charge is 0.207 e. The van der Waals surface area contributed by atoms with Crippen LogP contribution in [0.25, 0.3) is 5.57 Å². The van der Waals surface area contributed by atoms with E-state index in [-0.39, 0.29) is 29.2 Å². The average Bonchev–Trinajstić information content (AvgIpc) is 2.76. The summed E-state index contributed by atoms with van der Waals surface area (Å²) in [5.74, 6) is -2.44. The van der Waals surface area contributed by atoms with E-state index in [1.807, 2.05) is 12.2 Å². The fourth-order valence-electron chi connectivity index (χ4n) is 4.29. The highest BCUT2D eigenvalue weighted by Crippen LogP contribution is 2.45. The van der Waals surface area contributed by atoms with Crippen LogP contribution in [0.3, 0.4) is 0 Å². The van der Waals surface area contributed by atoms with Crippen LogP contribution in [0.5, 0.6) is 17.2 Å². The summed E-state index contributed by atoms with van der Waals surface area (Å²) < 4.78 is 55.3. The summed E-state index contributed by atoms with van der Waals surface area (Å²) in [6.45, 7) is 5.79. The first kappa shape index (κ1) is 20.6. The second-order valence-corrected chi connectivity index (χ2v) is 7.85. The van der Waals surface area contributed by atoms with Crippen LogP contribution in [0.2, 0.25) is 0 Å². The van der Waals surface area contributed by atoms with Crippen LogP contribution in [0.15, 0.2) is 36.9 Å². The molecule has 0 radical (unpaired) electrons. The van der Waals surface area contributed by atoms with Crippen molar-refractivity contribution < 1.29 is 22.6 Å². The van der Waals surface area contributed by atoms with Gasteiger partial charge in [-0.2, -0.15) is 8.78 Å². The van der Waals surface area contributed by atoms with Crippen LogP contribution >= 0.6 is 0 Å². The average molecular weight is 414 g/mol. The van der Waals surface area contributed by atoms with Gasteiger partial charge in [0.2, 0.25) is 11.6 Å². The summed E-state index contributed by atoms with van der Waals surface area (Å²) in [4.78, 5) is 0. The molecule has 1 unspecified atom stereocenters. The van der Waals surface area contributed by atoms with E-state index in [0.717, 1.165) is 31.3 Å². The molecule has 2 aromatic carbocycles. The number of allylic oxidation sites excluding steroid dienone is 3. The van der Waals surface area contributed by atoms with E-state index in [9.17, 15) is 13.2 Å². The van der Waals surface area contributed by atoms with Crippen LogP contribution in [-0.2, 0) is 6.42 Å². The van der Waals surface area contributed by atoms with Gasteiger partial charge in [0.15, 0.2) is 23.1 Å². The molecule has 1 aliphatic carbocycles. The number of hydrogen-bond donors (Lipinski definition) is 0. The maximum absolute atomic E-state index is 14.9. The largest absolute Gasteiger partial charge is 0.491 e. The Morgan fingerprint density at radius 2 is 1.93 bits per heavy atom. The first-order valence-corrected chi connectivity index (χ1v) is 10.5. The third kappa shape index (κ3) is 3.73. The van der Waals surface area contributed by atoms with E-state index in [2.05, 4.69) is 6.58 Å². The molecular weight excluding hydrogens is 389 g/mol. The Balaban J connectivity index is 1.65. The van der Waals surface area contributed by atoms with Gasteiger partial charge in [0, 0.05) is 23.1 Å². The second kappa shape index (κ2) is 8.58. The standard InChI is InChI=1S/C25H25F3O2/c1-3-5-6-15-7-9-16(10-8-15)19-14-18-13-17-11-12-20(29-4-2)22(27)24(17)30-25(18)23(28)21(19)26/h3,9,11-12,14-15H,1,4-8,10,13H2,2H3. The van der Waals surface area contributed by atoms with Gasteiger partial charge in [-0.1, -0.05) is 18.2 Å². The zero-order valence-electron chi connectivity index (χ0n) is 17.1. The quantitative estimate of drug-likeness (QED) is 0.393. The molecule has 2 aliphatic rings. The lowest BCUT2D eigenvalue weighted by molar-refractivity contribution is 0.309. The highest BCUT2D eigenvalue weighted by molar-refractivity contribution is 5.69. The zero-order chi connectivity index (χ0) is 21.3. The summed E-state index contributed by atoms with van der Waals surface area (Å²) in [7, 11) is 0. The maximum atomic E-state index is 14.9. The van der Waals surface area contributed by atoms with E-state index in [4.69, 9.17) is 9.47 Å². The molecule has 158 valence electrons. The van der Waals surface area contributed by atoms with Crippen molar-refractivity contribution in [3.05, 3.63) is 71.1 Å². The number of rotatable bonds is 6.